The maximum absolute atomic E-state index is 13.6. The largest absolute Gasteiger partial charge is 0.497 e. The second-order valence-corrected chi connectivity index (χ2v) is 10.5. The lowest BCUT2D eigenvalue weighted by molar-refractivity contribution is -0.128. The molecule has 1 N–H and O–H groups in total. The van der Waals surface area contributed by atoms with Gasteiger partial charge in [0.2, 0.25) is 0 Å². The lowest BCUT2D eigenvalue weighted by Crippen LogP contribution is -2.51. The monoisotopic (exact) mass is 494 g/mol. The first kappa shape index (κ1) is 24.6. The molecule has 8 heteroatoms. The minimum atomic E-state index is -3.95. The summed E-state index contributed by atoms with van der Waals surface area (Å²) in [7, 11) is -2.43. The molecule has 1 aliphatic rings. The van der Waals surface area contributed by atoms with Crippen molar-refractivity contribution in [3.63, 3.8) is 0 Å². The number of methoxy groups -OCH3 is 1. The van der Waals surface area contributed by atoms with Crippen molar-refractivity contribution < 1.29 is 22.7 Å². The molecule has 4 rings (SSSR count). The van der Waals surface area contributed by atoms with Gasteiger partial charge in [-0.2, -0.15) is 0 Å². The first-order valence-corrected chi connectivity index (χ1v) is 13.0. The van der Waals surface area contributed by atoms with Gasteiger partial charge in [-0.05, 0) is 73.4 Å². The molecule has 0 unspecified atom stereocenters. The summed E-state index contributed by atoms with van der Waals surface area (Å²) < 4.78 is 39.7. The van der Waals surface area contributed by atoms with E-state index in [1.807, 2.05) is 44.2 Å². The van der Waals surface area contributed by atoms with Gasteiger partial charge in [0.05, 0.1) is 30.3 Å². The second-order valence-electron chi connectivity index (χ2n) is 8.61. The molecule has 1 aliphatic heterocycles. The van der Waals surface area contributed by atoms with Crippen LogP contribution in [0.4, 0.5) is 5.69 Å². The Morgan fingerprint density at radius 3 is 2.43 bits per heavy atom. The number of carbonyl (C=O) groups is 1. The van der Waals surface area contributed by atoms with Crippen molar-refractivity contribution in [1.29, 1.82) is 0 Å². The molecule has 184 valence electrons. The van der Waals surface area contributed by atoms with Crippen LogP contribution in [0.25, 0.3) is 0 Å². The molecule has 0 fully saturated rings. The third kappa shape index (κ3) is 5.12. The molecule has 2 atom stereocenters. The molecule has 3 aromatic rings. The Bertz CT molecular complexity index is 1300. The van der Waals surface area contributed by atoms with E-state index in [1.54, 1.807) is 24.3 Å². The highest BCUT2D eigenvalue weighted by Crippen LogP contribution is 2.38. The maximum atomic E-state index is 13.6. The zero-order valence-electron chi connectivity index (χ0n) is 20.3. The van der Waals surface area contributed by atoms with E-state index in [1.165, 1.54) is 29.1 Å². The van der Waals surface area contributed by atoms with E-state index in [4.69, 9.17) is 9.47 Å². The predicted molar refractivity (Wildman–Crippen MR) is 135 cm³/mol. The van der Waals surface area contributed by atoms with E-state index in [0.29, 0.717) is 17.2 Å². The number of ether oxygens (including phenoxy) is 2. The standard InChI is InChI=1S/C27H30N2O5S/c1-5-20-7-9-21(10-8-20)19(3)28-27(30)26-17-29(24-16-18(2)6-15-25(24)34-26)35(31,32)23-13-11-22(33-4)12-14-23/h6-16,19,26H,5,17H2,1-4H3,(H,28,30)/t19-,26+/m1/s1. The Morgan fingerprint density at radius 2 is 1.80 bits per heavy atom. The molecule has 0 radical (unpaired) electrons. The van der Waals surface area contributed by atoms with Gasteiger partial charge in [-0.3, -0.25) is 9.10 Å². The Labute approximate surface area is 206 Å². The lowest BCUT2D eigenvalue weighted by atomic mass is 10.0. The molecule has 0 bridgehead atoms. The normalized spacial score (nSPS) is 16.1. The van der Waals surface area contributed by atoms with Gasteiger partial charge in [0.1, 0.15) is 11.5 Å². The van der Waals surface area contributed by atoms with Crippen LogP contribution < -0.4 is 19.1 Å². The molecular weight excluding hydrogens is 464 g/mol. The molecular formula is C27H30N2O5S. The van der Waals surface area contributed by atoms with Crippen LogP contribution in [-0.4, -0.2) is 34.1 Å². The summed E-state index contributed by atoms with van der Waals surface area (Å²) in [5.74, 6) is 0.526. The number of benzene rings is 3. The van der Waals surface area contributed by atoms with E-state index in [0.717, 1.165) is 17.5 Å². The van der Waals surface area contributed by atoms with Crippen LogP contribution in [0.15, 0.2) is 71.6 Å². The van der Waals surface area contributed by atoms with E-state index in [-0.39, 0.29) is 23.4 Å². The van der Waals surface area contributed by atoms with E-state index >= 15 is 0 Å². The highest BCUT2D eigenvalue weighted by Gasteiger charge is 2.38. The van der Waals surface area contributed by atoms with Gasteiger partial charge >= 0.3 is 0 Å². The van der Waals surface area contributed by atoms with Crippen LogP contribution in [0.3, 0.4) is 0 Å². The third-order valence-corrected chi connectivity index (χ3v) is 7.96. The number of nitrogens with zero attached hydrogens (tertiary/aromatic N) is 1. The Morgan fingerprint density at radius 1 is 1.11 bits per heavy atom. The van der Waals surface area contributed by atoms with Crippen molar-refractivity contribution in [2.45, 2.75) is 44.2 Å². The highest BCUT2D eigenvalue weighted by molar-refractivity contribution is 7.92. The topological polar surface area (TPSA) is 84.9 Å². The molecule has 1 amide bonds. The van der Waals surface area contributed by atoms with Gasteiger partial charge in [0.25, 0.3) is 15.9 Å². The Balaban J connectivity index is 1.61. The summed E-state index contributed by atoms with van der Waals surface area (Å²) in [5, 5.41) is 2.97. The van der Waals surface area contributed by atoms with Crippen molar-refractivity contribution in [1.82, 2.24) is 5.32 Å². The summed E-state index contributed by atoms with van der Waals surface area (Å²) in [5.41, 5.74) is 3.47. The van der Waals surface area contributed by atoms with Crippen LogP contribution >= 0.6 is 0 Å². The number of hydrogen-bond donors (Lipinski definition) is 1. The number of hydrogen-bond acceptors (Lipinski definition) is 5. The zero-order valence-corrected chi connectivity index (χ0v) is 21.1. The average molecular weight is 495 g/mol. The van der Waals surface area contributed by atoms with Crippen molar-refractivity contribution >= 4 is 21.6 Å². The van der Waals surface area contributed by atoms with E-state index in [9.17, 15) is 13.2 Å². The first-order valence-electron chi connectivity index (χ1n) is 11.6. The van der Waals surface area contributed by atoms with Crippen molar-refractivity contribution in [2.75, 3.05) is 18.0 Å². The smallest absolute Gasteiger partial charge is 0.264 e. The van der Waals surface area contributed by atoms with Crippen LogP contribution in [-0.2, 0) is 21.2 Å². The van der Waals surface area contributed by atoms with Crippen LogP contribution in [0, 0.1) is 6.92 Å². The fourth-order valence-electron chi connectivity index (χ4n) is 4.03. The number of fused-ring (bicyclic) bond motifs is 1. The number of aryl methyl sites for hydroxylation is 2. The number of carbonyl (C=O) groups excluding carboxylic acids is 1. The SMILES string of the molecule is CCc1ccc([C@@H](C)NC(=O)[C@@H]2CN(S(=O)(=O)c3ccc(OC)cc3)c3cc(C)ccc3O2)cc1. The van der Waals surface area contributed by atoms with Crippen molar-refractivity contribution in [2.24, 2.45) is 0 Å². The summed E-state index contributed by atoms with van der Waals surface area (Å²) in [6.07, 6.45) is -0.0653. The van der Waals surface area contributed by atoms with Crippen molar-refractivity contribution in [3.8, 4) is 11.5 Å². The second kappa shape index (κ2) is 10.00. The van der Waals surface area contributed by atoms with Gasteiger partial charge in [-0.15, -0.1) is 0 Å². The molecule has 0 aromatic heterocycles. The number of rotatable bonds is 7. The van der Waals surface area contributed by atoms with Gasteiger partial charge in [-0.1, -0.05) is 37.3 Å². The van der Waals surface area contributed by atoms with Crippen LogP contribution in [0.2, 0.25) is 0 Å². The highest BCUT2D eigenvalue weighted by atomic mass is 32.2. The van der Waals surface area contributed by atoms with Crippen LogP contribution in [0.5, 0.6) is 11.5 Å². The molecule has 35 heavy (non-hydrogen) atoms. The fraction of sp³-hybridized carbons (Fsp3) is 0.296. The summed E-state index contributed by atoms with van der Waals surface area (Å²) >= 11 is 0. The first-order chi connectivity index (χ1) is 16.7. The summed E-state index contributed by atoms with van der Waals surface area (Å²) in [6.45, 7) is 5.72. The third-order valence-electron chi connectivity index (χ3n) is 6.17. The minimum Gasteiger partial charge on any atom is -0.497 e. The Hall–Kier alpha value is -3.52. The number of amides is 1. The summed E-state index contributed by atoms with van der Waals surface area (Å²) in [6, 6.07) is 19.3. The average Bonchev–Trinajstić information content (AvgIpc) is 2.87. The molecule has 0 aliphatic carbocycles. The number of sulfonamides is 1. The molecule has 7 nitrogen and oxygen atoms in total. The predicted octanol–water partition coefficient (Wildman–Crippen LogP) is 4.40. The fourth-order valence-corrected chi connectivity index (χ4v) is 5.50. The van der Waals surface area contributed by atoms with Crippen LogP contribution in [0.1, 0.15) is 36.6 Å². The van der Waals surface area contributed by atoms with E-state index in [2.05, 4.69) is 12.2 Å². The van der Waals surface area contributed by atoms with Crippen molar-refractivity contribution in [3.05, 3.63) is 83.4 Å². The zero-order chi connectivity index (χ0) is 25.2. The molecule has 0 spiro atoms. The quantitative estimate of drug-likeness (QED) is 0.526. The Kier molecular flexibility index (Phi) is 7.03. The lowest BCUT2D eigenvalue weighted by Gasteiger charge is -2.35. The summed E-state index contributed by atoms with van der Waals surface area (Å²) in [4.78, 5) is 13.3. The number of anilines is 1. The van der Waals surface area contributed by atoms with E-state index < -0.39 is 16.1 Å². The number of nitrogens with one attached hydrogen (secondary N) is 1. The molecule has 1 heterocycles. The van der Waals surface area contributed by atoms with Gasteiger partial charge in [-0.25, -0.2) is 8.42 Å². The van der Waals surface area contributed by atoms with Gasteiger partial charge < -0.3 is 14.8 Å². The molecule has 0 saturated heterocycles. The molecule has 0 saturated carbocycles. The molecule has 3 aromatic carbocycles. The maximum Gasteiger partial charge on any atom is 0.264 e. The van der Waals surface area contributed by atoms with Gasteiger partial charge in [0.15, 0.2) is 6.10 Å². The minimum absolute atomic E-state index is 0.108. The van der Waals surface area contributed by atoms with Gasteiger partial charge in [0, 0.05) is 0 Å².